The van der Waals surface area contributed by atoms with Crippen LogP contribution in [0.5, 0.6) is 0 Å². The Balaban J connectivity index is 2.35. The van der Waals surface area contributed by atoms with Crippen LogP contribution in [0.25, 0.3) is 0 Å². The van der Waals surface area contributed by atoms with Crippen LogP contribution in [0.15, 0.2) is 47.5 Å². The van der Waals surface area contributed by atoms with Crippen LogP contribution < -0.4 is 5.73 Å². The van der Waals surface area contributed by atoms with E-state index in [0.717, 1.165) is 47.4 Å². The van der Waals surface area contributed by atoms with Crippen LogP contribution >= 0.6 is 0 Å². The topological polar surface area (TPSA) is 58.7 Å². The first-order valence-electron chi connectivity index (χ1n) is 8.25. The van der Waals surface area contributed by atoms with E-state index in [1.165, 1.54) is 14.0 Å². The van der Waals surface area contributed by atoms with Gasteiger partial charge in [-0.05, 0) is 36.8 Å². The molecule has 9 heteroatoms. The van der Waals surface area contributed by atoms with Gasteiger partial charge in [-0.1, -0.05) is 18.2 Å². The number of guanidine groups is 1. The first kappa shape index (κ1) is 19.8. The third kappa shape index (κ3) is 2.81. The summed E-state index contributed by atoms with van der Waals surface area (Å²) in [6.07, 6.45) is -4.60. The van der Waals surface area contributed by atoms with Crippen LogP contribution in [0, 0.1) is 11.6 Å². The minimum Gasteiger partial charge on any atom is -0.369 e. The number of nitrogens with zero attached hydrogens (tertiary/aromatic N) is 2. The number of benzene rings is 2. The molecule has 2 N–H and O–H groups in total. The molecule has 0 radical (unpaired) electrons. The molecule has 0 bridgehead atoms. The number of carbonyl (C=O) groups excluding carboxylic acids is 1. The van der Waals surface area contributed by atoms with Crippen molar-refractivity contribution < 1.29 is 26.7 Å². The zero-order chi connectivity index (χ0) is 20.9. The lowest BCUT2D eigenvalue weighted by Crippen LogP contribution is -2.60. The lowest BCUT2D eigenvalue weighted by molar-refractivity contribution is -0.137. The molecule has 0 aliphatic carbocycles. The minimum atomic E-state index is -4.60. The maximum absolute atomic E-state index is 14.7. The summed E-state index contributed by atoms with van der Waals surface area (Å²) < 4.78 is 68.3. The van der Waals surface area contributed by atoms with Crippen molar-refractivity contribution in [2.45, 2.75) is 24.6 Å². The van der Waals surface area contributed by atoms with E-state index < -0.39 is 46.3 Å². The van der Waals surface area contributed by atoms with Gasteiger partial charge in [-0.15, -0.1) is 0 Å². The fraction of sp³-hybridized carbons (Fsp3) is 0.263. The number of carbonyl (C=O) groups is 1. The van der Waals surface area contributed by atoms with Gasteiger partial charge in [0.05, 0.1) is 11.6 Å². The average Bonchev–Trinajstić information content (AvgIpc) is 2.62. The third-order valence-electron chi connectivity index (χ3n) is 4.96. The SMILES string of the molecule is C[C@@H]1N=C(N)N(C)C(=O)[C@]1(c1ccc(C(F)(F)F)cc1)c1c(F)cccc1F. The van der Waals surface area contributed by atoms with E-state index in [4.69, 9.17) is 5.73 Å². The first-order chi connectivity index (χ1) is 13.0. The zero-order valence-electron chi connectivity index (χ0n) is 14.9. The second-order valence-electron chi connectivity index (χ2n) is 6.51. The number of rotatable bonds is 2. The lowest BCUT2D eigenvalue weighted by atomic mass is 9.67. The third-order valence-corrected chi connectivity index (χ3v) is 4.96. The number of alkyl halides is 3. The fourth-order valence-electron chi connectivity index (χ4n) is 3.55. The van der Waals surface area contributed by atoms with Gasteiger partial charge in [0.2, 0.25) is 5.91 Å². The summed E-state index contributed by atoms with van der Waals surface area (Å²) in [5.74, 6) is -2.97. The molecule has 4 nitrogen and oxygen atoms in total. The summed E-state index contributed by atoms with van der Waals surface area (Å²) in [6, 6.07) is 5.61. The molecule has 1 amide bonds. The number of halogens is 5. The van der Waals surface area contributed by atoms with E-state index in [1.54, 1.807) is 0 Å². The summed E-state index contributed by atoms with van der Waals surface area (Å²) in [7, 11) is 1.28. The van der Waals surface area contributed by atoms with Gasteiger partial charge in [-0.2, -0.15) is 13.2 Å². The average molecular weight is 397 g/mol. The van der Waals surface area contributed by atoms with Crippen molar-refractivity contribution in [3.63, 3.8) is 0 Å². The van der Waals surface area contributed by atoms with Crippen molar-refractivity contribution in [2.75, 3.05) is 7.05 Å². The van der Waals surface area contributed by atoms with Crippen LogP contribution in [0.1, 0.15) is 23.6 Å². The normalized spacial score (nSPS) is 23.0. The van der Waals surface area contributed by atoms with Gasteiger partial charge in [-0.25, -0.2) is 13.8 Å². The molecule has 3 rings (SSSR count). The lowest BCUT2D eigenvalue weighted by Gasteiger charge is -2.43. The van der Waals surface area contributed by atoms with E-state index in [1.807, 2.05) is 0 Å². The van der Waals surface area contributed by atoms with Crippen LogP contribution in [0.3, 0.4) is 0 Å². The van der Waals surface area contributed by atoms with E-state index in [9.17, 15) is 26.7 Å². The number of nitrogens with two attached hydrogens (primary N) is 1. The predicted molar refractivity (Wildman–Crippen MR) is 92.4 cm³/mol. The van der Waals surface area contributed by atoms with Crippen LogP contribution in [-0.2, 0) is 16.4 Å². The molecule has 1 aliphatic rings. The summed E-state index contributed by atoms with van der Waals surface area (Å²) >= 11 is 0. The Bertz CT molecular complexity index is 935. The Kier molecular flexibility index (Phi) is 4.64. The Morgan fingerprint density at radius 2 is 1.61 bits per heavy atom. The highest BCUT2D eigenvalue weighted by Gasteiger charge is 2.54. The van der Waals surface area contributed by atoms with Gasteiger partial charge >= 0.3 is 6.18 Å². The molecular weight excluding hydrogens is 381 g/mol. The van der Waals surface area contributed by atoms with Crippen molar-refractivity contribution >= 4 is 11.9 Å². The van der Waals surface area contributed by atoms with Crippen LogP contribution in [0.4, 0.5) is 22.0 Å². The maximum Gasteiger partial charge on any atom is 0.416 e. The van der Waals surface area contributed by atoms with Crippen molar-refractivity contribution in [1.29, 1.82) is 0 Å². The van der Waals surface area contributed by atoms with Crippen molar-refractivity contribution in [1.82, 2.24) is 4.90 Å². The number of hydrogen-bond acceptors (Lipinski definition) is 3. The summed E-state index contributed by atoms with van der Waals surface area (Å²) in [5, 5.41) is 0. The van der Waals surface area contributed by atoms with Crippen LogP contribution in [0.2, 0.25) is 0 Å². The van der Waals surface area contributed by atoms with Gasteiger partial charge < -0.3 is 5.73 Å². The second kappa shape index (κ2) is 6.57. The molecule has 2 aromatic rings. The van der Waals surface area contributed by atoms with Crippen molar-refractivity contribution in [3.8, 4) is 0 Å². The summed E-state index contributed by atoms with van der Waals surface area (Å²) in [6.45, 7) is 1.43. The fourth-order valence-corrected chi connectivity index (χ4v) is 3.55. The van der Waals surface area contributed by atoms with Crippen molar-refractivity contribution in [2.24, 2.45) is 10.7 Å². The highest BCUT2D eigenvalue weighted by atomic mass is 19.4. The molecule has 0 saturated heterocycles. The molecule has 1 heterocycles. The first-order valence-corrected chi connectivity index (χ1v) is 8.25. The quantitative estimate of drug-likeness (QED) is 0.790. The van der Waals surface area contributed by atoms with Gasteiger partial charge in [0.25, 0.3) is 0 Å². The number of amides is 1. The zero-order valence-corrected chi connectivity index (χ0v) is 14.9. The summed E-state index contributed by atoms with van der Waals surface area (Å²) in [5.41, 5.74) is 2.13. The number of hydrogen-bond donors (Lipinski definition) is 1. The summed E-state index contributed by atoms with van der Waals surface area (Å²) in [4.78, 5) is 18.3. The maximum atomic E-state index is 14.7. The molecule has 0 spiro atoms. The number of likely N-dealkylation sites (N-methyl/N-ethyl adjacent to an activating group) is 1. The van der Waals surface area contributed by atoms with Gasteiger partial charge in [-0.3, -0.25) is 9.69 Å². The molecular formula is C19H16F5N3O. The molecule has 0 saturated carbocycles. The molecule has 148 valence electrons. The van der Waals surface area contributed by atoms with E-state index in [2.05, 4.69) is 4.99 Å². The molecule has 28 heavy (non-hydrogen) atoms. The molecule has 2 atom stereocenters. The molecule has 0 fully saturated rings. The van der Waals surface area contributed by atoms with E-state index >= 15 is 0 Å². The second-order valence-corrected chi connectivity index (χ2v) is 6.51. The van der Waals surface area contributed by atoms with E-state index in [0.29, 0.717) is 0 Å². The van der Waals surface area contributed by atoms with Gasteiger partial charge in [0.15, 0.2) is 5.96 Å². The highest BCUT2D eigenvalue weighted by molar-refractivity contribution is 6.06. The minimum absolute atomic E-state index is 0.0231. The van der Waals surface area contributed by atoms with E-state index in [-0.39, 0.29) is 11.5 Å². The number of aliphatic imine (C=N–C) groups is 1. The van der Waals surface area contributed by atoms with Crippen LogP contribution in [-0.4, -0.2) is 29.9 Å². The molecule has 2 aromatic carbocycles. The van der Waals surface area contributed by atoms with Gasteiger partial charge in [0, 0.05) is 12.6 Å². The molecule has 1 aliphatic heterocycles. The molecule has 0 unspecified atom stereocenters. The van der Waals surface area contributed by atoms with Gasteiger partial charge in [0.1, 0.15) is 17.0 Å². The Labute approximate surface area is 157 Å². The largest absolute Gasteiger partial charge is 0.416 e. The van der Waals surface area contributed by atoms with Crippen molar-refractivity contribution in [3.05, 3.63) is 70.8 Å². The highest BCUT2D eigenvalue weighted by Crippen LogP contribution is 2.44. The standard InChI is InChI=1S/C19H16F5N3O/c1-10-18(16(28)27(2)17(25)26-10,15-13(20)4-3-5-14(15)21)11-6-8-12(9-7-11)19(22,23)24/h3-10H,1-2H3,(H2,25,26)/t10-,18+/m0/s1. The molecule has 0 aromatic heterocycles. The Hall–Kier alpha value is -2.97. The smallest absolute Gasteiger partial charge is 0.369 e. The Morgan fingerprint density at radius 3 is 2.11 bits per heavy atom. The predicted octanol–water partition coefficient (Wildman–Crippen LogP) is 3.44. The monoisotopic (exact) mass is 397 g/mol. The Morgan fingerprint density at radius 1 is 1.07 bits per heavy atom.